The SMILES string of the molecule is CCNCc1cncc(-c2ccc3[nH]nc(-c4nc5c(-c6ccncc6)nccc5[nH]4)c3c2F)c1. The lowest BCUT2D eigenvalue weighted by atomic mass is 10.0. The van der Waals surface area contributed by atoms with Crippen molar-refractivity contribution in [1.29, 1.82) is 0 Å². The van der Waals surface area contributed by atoms with Gasteiger partial charge in [-0.25, -0.2) is 9.37 Å². The van der Waals surface area contributed by atoms with Crippen LogP contribution in [0.4, 0.5) is 4.39 Å². The van der Waals surface area contributed by atoms with Gasteiger partial charge in [-0.2, -0.15) is 5.10 Å². The summed E-state index contributed by atoms with van der Waals surface area (Å²) in [6, 6.07) is 11.1. The molecule has 6 rings (SSSR count). The molecule has 6 aromatic rings. The number of nitrogens with zero attached hydrogens (tertiary/aromatic N) is 5. The molecule has 0 spiro atoms. The molecule has 3 N–H and O–H groups in total. The van der Waals surface area contributed by atoms with Crippen LogP contribution >= 0.6 is 0 Å². The second-order valence-corrected chi connectivity index (χ2v) is 8.16. The van der Waals surface area contributed by atoms with Gasteiger partial charge in [0.2, 0.25) is 0 Å². The van der Waals surface area contributed by atoms with E-state index in [0.717, 1.165) is 28.9 Å². The van der Waals surface area contributed by atoms with E-state index in [-0.39, 0.29) is 5.82 Å². The van der Waals surface area contributed by atoms with E-state index in [1.54, 1.807) is 37.1 Å². The first kappa shape index (κ1) is 21.1. The zero-order valence-electron chi connectivity index (χ0n) is 18.9. The fraction of sp³-hybridized carbons (Fsp3) is 0.115. The van der Waals surface area contributed by atoms with Crippen LogP contribution in [0.2, 0.25) is 0 Å². The number of aromatic nitrogens is 7. The normalized spacial score (nSPS) is 11.5. The molecule has 0 aliphatic carbocycles. The Morgan fingerprint density at radius 2 is 1.80 bits per heavy atom. The zero-order chi connectivity index (χ0) is 23.8. The number of hydrogen-bond donors (Lipinski definition) is 3. The molecule has 0 fully saturated rings. The number of benzene rings is 1. The molecular formula is C26H21FN8. The van der Waals surface area contributed by atoms with Crippen molar-refractivity contribution in [3.05, 3.63) is 78.8 Å². The van der Waals surface area contributed by atoms with E-state index in [1.165, 1.54) is 0 Å². The lowest BCUT2D eigenvalue weighted by molar-refractivity contribution is 0.643. The van der Waals surface area contributed by atoms with Crippen LogP contribution in [0.15, 0.2) is 67.4 Å². The fourth-order valence-electron chi connectivity index (χ4n) is 4.24. The molecule has 0 aliphatic heterocycles. The van der Waals surface area contributed by atoms with Gasteiger partial charge in [0.1, 0.15) is 17.0 Å². The molecule has 0 aliphatic rings. The Morgan fingerprint density at radius 1 is 0.914 bits per heavy atom. The van der Waals surface area contributed by atoms with E-state index in [1.807, 2.05) is 37.3 Å². The minimum absolute atomic E-state index is 0.372. The van der Waals surface area contributed by atoms with E-state index in [9.17, 15) is 0 Å². The number of halogens is 1. The zero-order valence-corrected chi connectivity index (χ0v) is 18.9. The lowest BCUT2D eigenvalue weighted by Gasteiger charge is -2.07. The number of fused-ring (bicyclic) bond motifs is 2. The van der Waals surface area contributed by atoms with Crippen LogP contribution in [0, 0.1) is 5.82 Å². The number of pyridine rings is 3. The Labute approximate surface area is 199 Å². The summed E-state index contributed by atoms with van der Waals surface area (Å²) in [6.45, 7) is 3.56. The Morgan fingerprint density at radius 3 is 2.66 bits per heavy atom. The molecule has 172 valence electrons. The molecule has 5 heterocycles. The van der Waals surface area contributed by atoms with Crippen LogP contribution in [0.3, 0.4) is 0 Å². The number of hydrogen-bond acceptors (Lipinski definition) is 6. The number of aromatic amines is 2. The number of rotatable bonds is 6. The van der Waals surface area contributed by atoms with Gasteiger partial charge in [-0.3, -0.25) is 20.1 Å². The fourth-order valence-corrected chi connectivity index (χ4v) is 4.24. The Balaban J connectivity index is 1.48. The van der Waals surface area contributed by atoms with Crippen molar-refractivity contribution in [2.45, 2.75) is 13.5 Å². The molecule has 0 atom stereocenters. The standard InChI is InChI=1S/C26H21FN8/c1-2-28-12-15-11-17(14-30-13-15)18-3-4-19-21(22(18)27)25(35-34-19)26-32-20-7-10-31-23(24(20)33-26)16-5-8-29-9-6-16/h3-11,13-14,28H,2,12H2,1H3,(H,32,33)(H,34,35). The van der Waals surface area contributed by atoms with Gasteiger partial charge < -0.3 is 10.3 Å². The van der Waals surface area contributed by atoms with Crippen LogP contribution in [-0.2, 0) is 6.54 Å². The van der Waals surface area contributed by atoms with E-state index in [2.05, 4.69) is 35.5 Å². The molecule has 0 unspecified atom stereocenters. The van der Waals surface area contributed by atoms with Crippen molar-refractivity contribution >= 4 is 21.9 Å². The Bertz CT molecular complexity index is 1660. The highest BCUT2D eigenvalue weighted by atomic mass is 19.1. The third-order valence-corrected chi connectivity index (χ3v) is 5.93. The van der Waals surface area contributed by atoms with Crippen molar-refractivity contribution in [2.24, 2.45) is 0 Å². The molecule has 35 heavy (non-hydrogen) atoms. The second kappa shape index (κ2) is 8.69. The molecular weight excluding hydrogens is 443 g/mol. The monoisotopic (exact) mass is 464 g/mol. The lowest BCUT2D eigenvalue weighted by Crippen LogP contribution is -2.11. The molecule has 5 aromatic heterocycles. The van der Waals surface area contributed by atoms with Crippen molar-refractivity contribution in [3.8, 4) is 33.9 Å². The summed E-state index contributed by atoms with van der Waals surface area (Å²) in [4.78, 5) is 20.9. The summed E-state index contributed by atoms with van der Waals surface area (Å²) in [5.41, 5.74) is 6.24. The minimum Gasteiger partial charge on any atom is -0.336 e. The summed E-state index contributed by atoms with van der Waals surface area (Å²) >= 11 is 0. The molecule has 0 saturated carbocycles. The van der Waals surface area contributed by atoms with Gasteiger partial charge in [0.15, 0.2) is 5.82 Å². The van der Waals surface area contributed by atoms with E-state index in [4.69, 9.17) is 4.98 Å². The summed E-state index contributed by atoms with van der Waals surface area (Å²) in [5, 5.41) is 11.0. The Kier molecular flexibility index (Phi) is 5.23. The highest BCUT2D eigenvalue weighted by molar-refractivity contribution is 5.98. The summed E-state index contributed by atoms with van der Waals surface area (Å²) < 4.78 is 16.0. The highest BCUT2D eigenvalue weighted by Gasteiger charge is 2.20. The van der Waals surface area contributed by atoms with Gasteiger partial charge in [-0.1, -0.05) is 6.92 Å². The molecule has 0 saturated heterocycles. The van der Waals surface area contributed by atoms with Crippen molar-refractivity contribution in [3.63, 3.8) is 0 Å². The van der Waals surface area contributed by atoms with Gasteiger partial charge in [-0.15, -0.1) is 0 Å². The van der Waals surface area contributed by atoms with Crippen molar-refractivity contribution < 1.29 is 4.39 Å². The van der Waals surface area contributed by atoms with Crippen LogP contribution in [0.25, 0.3) is 55.8 Å². The largest absolute Gasteiger partial charge is 0.336 e. The van der Waals surface area contributed by atoms with Gasteiger partial charge in [-0.05, 0) is 48.5 Å². The smallest absolute Gasteiger partial charge is 0.159 e. The topological polar surface area (TPSA) is 108 Å². The summed E-state index contributed by atoms with van der Waals surface area (Å²) in [6.07, 6.45) is 8.60. The van der Waals surface area contributed by atoms with Crippen LogP contribution in [-0.4, -0.2) is 41.7 Å². The number of nitrogens with one attached hydrogen (secondary N) is 3. The molecule has 1 aromatic carbocycles. The van der Waals surface area contributed by atoms with E-state index in [0.29, 0.717) is 45.6 Å². The summed E-state index contributed by atoms with van der Waals surface area (Å²) in [5.74, 6) is 0.0891. The number of H-pyrrole nitrogens is 2. The molecule has 0 radical (unpaired) electrons. The maximum atomic E-state index is 16.0. The van der Waals surface area contributed by atoms with Crippen LogP contribution in [0.1, 0.15) is 12.5 Å². The average molecular weight is 465 g/mol. The first-order valence-electron chi connectivity index (χ1n) is 11.3. The highest BCUT2D eigenvalue weighted by Crippen LogP contribution is 2.35. The Hall–Kier alpha value is -4.50. The third kappa shape index (κ3) is 3.71. The van der Waals surface area contributed by atoms with Crippen LogP contribution < -0.4 is 5.32 Å². The maximum absolute atomic E-state index is 16.0. The van der Waals surface area contributed by atoms with Gasteiger partial charge in [0.05, 0.1) is 22.1 Å². The predicted molar refractivity (Wildman–Crippen MR) is 133 cm³/mol. The third-order valence-electron chi connectivity index (χ3n) is 5.93. The minimum atomic E-state index is -0.374. The average Bonchev–Trinajstić information content (AvgIpc) is 3.53. The summed E-state index contributed by atoms with van der Waals surface area (Å²) in [7, 11) is 0. The quantitative estimate of drug-likeness (QED) is 0.324. The molecule has 9 heteroatoms. The maximum Gasteiger partial charge on any atom is 0.159 e. The molecule has 0 amide bonds. The van der Waals surface area contributed by atoms with Crippen molar-refractivity contribution in [2.75, 3.05) is 6.54 Å². The van der Waals surface area contributed by atoms with Gasteiger partial charge in [0.25, 0.3) is 0 Å². The van der Waals surface area contributed by atoms with Gasteiger partial charge >= 0.3 is 0 Å². The second-order valence-electron chi connectivity index (χ2n) is 8.16. The predicted octanol–water partition coefficient (Wildman–Crippen LogP) is 4.87. The van der Waals surface area contributed by atoms with Crippen molar-refractivity contribution in [1.82, 2.24) is 40.4 Å². The van der Waals surface area contributed by atoms with Crippen LogP contribution in [0.5, 0.6) is 0 Å². The van der Waals surface area contributed by atoms with E-state index < -0.39 is 0 Å². The van der Waals surface area contributed by atoms with Gasteiger partial charge in [0, 0.05) is 54.2 Å². The van der Waals surface area contributed by atoms with E-state index >= 15 is 4.39 Å². The first-order chi connectivity index (χ1) is 17.2. The number of imidazole rings is 1. The first-order valence-corrected chi connectivity index (χ1v) is 11.3. The molecule has 8 nitrogen and oxygen atoms in total. The molecule has 0 bridgehead atoms.